The third-order valence-corrected chi connectivity index (χ3v) is 5.31. The highest BCUT2D eigenvalue weighted by molar-refractivity contribution is 5.88. The van der Waals surface area contributed by atoms with Gasteiger partial charge in [-0.2, -0.15) is 23.0 Å². The van der Waals surface area contributed by atoms with Crippen LogP contribution in [-0.2, 0) is 23.9 Å². The van der Waals surface area contributed by atoms with Gasteiger partial charge >= 0.3 is 12.2 Å². The molecule has 3 rings (SSSR count). The van der Waals surface area contributed by atoms with Crippen molar-refractivity contribution in [3.63, 3.8) is 0 Å². The molecule has 2 amide bonds. The Bertz CT molecular complexity index is 1040. The number of hydrogen-bond donors (Lipinski definition) is 3. The van der Waals surface area contributed by atoms with E-state index in [1.807, 2.05) is 0 Å². The molecule has 32 heavy (non-hydrogen) atoms. The van der Waals surface area contributed by atoms with E-state index in [2.05, 4.69) is 21.0 Å². The second-order valence-electron chi connectivity index (χ2n) is 8.67. The Kier molecular flexibility index (Phi) is 6.32. The summed E-state index contributed by atoms with van der Waals surface area (Å²) in [7, 11) is 1.45. The van der Waals surface area contributed by atoms with Crippen molar-refractivity contribution in [2.45, 2.75) is 46.0 Å². The number of hydrogen-bond acceptors (Lipinski definition) is 4. The molecule has 3 N–H and O–H groups in total. The minimum absolute atomic E-state index is 0.0433. The summed E-state index contributed by atoms with van der Waals surface area (Å²) in [5.74, 6) is -1.29. The molecule has 1 unspecified atom stereocenters. The summed E-state index contributed by atoms with van der Waals surface area (Å²) >= 11 is 0. The summed E-state index contributed by atoms with van der Waals surface area (Å²) < 4.78 is 55.1. The molecule has 1 atom stereocenters. The van der Waals surface area contributed by atoms with Crippen LogP contribution < -0.4 is 16.0 Å². The van der Waals surface area contributed by atoms with Crippen LogP contribution in [0.25, 0.3) is 11.3 Å². The molecule has 0 aliphatic carbocycles. The number of likely N-dealkylation sites (N-methyl/N-ethyl adjacent to an activating group) is 1. The molecular weight excluding hydrogens is 430 g/mol. The smallest absolute Gasteiger partial charge is 0.357 e. The lowest BCUT2D eigenvalue weighted by atomic mass is 9.86. The van der Waals surface area contributed by atoms with Gasteiger partial charge in [-0.05, 0) is 23.6 Å². The first-order chi connectivity index (χ1) is 14.8. The van der Waals surface area contributed by atoms with Crippen LogP contribution >= 0.6 is 0 Å². The molecule has 0 saturated carbocycles. The summed E-state index contributed by atoms with van der Waals surface area (Å²) in [6.07, 6.45) is -4.30. The highest BCUT2D eigenvalue weighted by Crippen LogP contribution is 2.35. The summed E-state index contributed by atoms with van der Waals surface area (Å²) in [5.41, 5.74) is -1.13. The topological polar surface area (TPSA) is 88.1 Å². The van der Waals surface area contributed by atoms with Gasteiger partial charge in [0.2, 0.25) is 5.91 Å². The second-order valence-corrected chi connectivity index (χ2v) is 8.67. The zero-order chi connectivity index (χ0) is 23.8. The van der Waals surface area contributed by atoms with Crippen molar-refractivity contribution in [3.05, 3.63) is 40.8 Å². The van der Waals surface area contributed by atoms with Gasteiger partial charge in [-0.3, -0.25) is 4.79 Å². The van der Waals surface area contributed by atoms with Crippen molar-refractivity contribution in [1.29, 1.82) is 0 Å². The molecule has 11 heteroatoms. The monoisotopic (exact) mass is 455 g/mol. The Hall–Kier alpha value is -2.95. The maximum absolute atomic E-state index is 14.6. The molecule has 2 heterocycles. The molecule has 0 bridgehead atoms. The Labute approximate surface area is 182 Å². The van der Waals surface area contributed by atoms with Crippen LogP contribution in [-0.4, -0.2) is 41.4 Å². The van der Waals surface area contributed by atoms with Gasteiger partial charge in [0, 0.05) is 37.7 Å². The minimum atomic E-state index is -4.66. The van der Waals surface area contributed by atoms with Gasteiger partial charge in [-0.25, -0.2) is 9.18 Å². The summed E-state index contributed by atoms with van der Waals surface area (Å²) in [4.78, 5) is 25.4. The van der Waals surface area contributed by atoms with Crippen LogP contribution in [0.15, 0.2) is 18.2 Å². The fourth-order valence-electron chi connectivity index (χ4n) is 3.62. The molecule has 0 spiro atoms. The van der Waals surface area contributed by atoms with Gasteiger partial charge in [0.25, 0.3) is 0 Å². The number of amides is 2. The summed E-state index contributed by atoms with van der Waals surface area (Å²) in [5, 5.41) is 12.4. The molecule has 1 aromatic carbocycles. The van der Waals surface area contributed by atoms with E-state index in [0.717, 1.165) is 10.7 Å². The van der Waals surface area contributed by atoms with Gasteiger partial charge in [0.1, 0.15) is 17.6 Å². The van der Waals surface area contributed by atoms with Gasteiger partial charge in [-0.1, -0.05) is 20.8 Å². The number of alkyl halides is 3. The number of fused-ring (bicyclic) bond motifs is 1. The van der Waals surface area contributed by atoms with E-state index in [0.29, 0.717) is 36.4 Å². The third-order valence-electron chi connectivity index (χ3n) is 5.31. The molecular formula is C21H25F4N5O2. The highest BCUT2D eigenvalue weighted by atomic mass is 19.4. The normalized spacial score (nSPS) is 15.1. The molecule has 0 saturated heterocycles. The third kappa shape index (κ3) is 4.62. The number of carbonyl (C=O) groups excluding carboxylic acids is 2. The van der Waals surface area contributed by atoms with Crippen molar-refractivity contribution >= 4 is 11.9 Å². The number of nitrogens with zero attached hydrogens (tertiary/aromatic N) is 2. The van der Waals surface area contributed by atoms with Crippen molar-refractivity contribution in [3.8, 4) is 11.3 Å². The van der Waals surface area contributed by atoms with Crippen LogP contribution in [0.3, 0.4) is 0 Å². The highest BCUT2D eigenvalue weighted by Gasteiger charge is 2.35. The van der Waals surface area contributed by atoms with Gasteiger partial charge in [0.05, 0.1) is 11.3 Å². The van der Waals surface area contributed by atoms with E-state index in [1.165, 1.54) is 7.05 Å². The summed E-state index contributed by atoms with van der Waals surface area (Å²) in [6.45, 7) is 6.05. The quantitative estimate of drug-likeness (QED) is 0.621. The van der Waals surface area contributed by atoms with Crippen molar-refractivity contribution < 1.29 is 27.2 Å². The van der Waals surface area contributed by atoms with Crippen molar-refractivity contribution in [2.24, 2.45) is 5.41 Å². The van der Waals surface area contributed by atoms with Crippen molar-refractivity contribution in [1.82, 2.24) is 25.7 Å². The number of aromatic nitrogens is 2. The zero-order valence-corrected chi connectivity index (χ0v) is 18.2. The van der Waals surface area contributed by atoms with E-state index >= 15 is 0 Å². The average molecular weight is 455 g/mol. The van der Waals surface area contributed by atoms with Crippen LogP contribution in [0.4, 0.5) is 22.4 Å². The number of rotatable bonds is 3. The Morgan fingerprint density at radius 2 is 1.91 bits per heavy atom. The lowest BCUT2D eigenvalue weighted by Crippen LogP contribution is -2.54. The first-order valence-corrected chi connectivity index (χ1v) is 10.1. The lowest BCUT2D eigenvalue weighted by Gasteiger charge is -2.29. The van der Waals surface area contributed by atoms with Crippen molar-refractivity contribution in [2.75, 3.05) is 13.6 Å². The molecule has 174 valence electrons. The molecule has 1 aliphatic heterocycles. The number of carbonyl (C=O) groups is 2. The van der Waals surface area contributed by atoms with E-state index in [1.54, 1.807) is 20.8 Å². The molecule has 7 nitrogen and oxygen atoms in total. The van der Waals surface area contributed by atoms with E-state index in [4.69, 9.17) is 0 Å². The van der Waals surface area contributed by atoms with Crippen LogP contribution in [0, 0.1) is 11.2 Å². The fourth-order valence-corrected chi connectivity index (χ4v) is 3.62. The first kappa shape index (κ1) is 23.7. The molecule has 0 fully saturated rings. The Morgan fingerprint density at radius 3 is 2.50 bits per heavy atom. The SMILES string of the molecule is CNC(=O)C(NC(=O)n1nc(-c2cc(C(F)(F)F)ccc2F)c2c1CCNC2)C(C)(C)C. The zero-order valence-electron chi connectivity index (χ0n) is 18.2. The largest absolute Gasteiger partial charge is 0.416 e. The number of halogens is 4. The van der Waals surface area contributed by atoms with Gasteiger partial charge in [-0.15, -0.1) is 0 Å². The number of nitrogens with one attached hydrogen (secondary N) is 3. The van der Waals surface area contributed by atoms with E-state index in [-0.39, 0.29) is 17.8 Å². The van der Waals surface area contributed by atoms with Gasteiger partial charge in [0.15, 0.2) is 0 Å². The fraction of sp³-hybridized carbons (Fsp3) is 0.476. The molecule has 2 aromatic rings. The predicted octanol–water partition coefficient (Wildman–Crippen LogP) is 3.07. The minimum Gasteiger partial charge on any atom is -0.357 e. The van der Waals surface area contributed by atoms with Crippen LogP contribution in [0.2, 0.25) is 0 Å². The summed E-state index contributed by atoms with van der Waals surface area (Å²) in [6, 6.07) is 0.476. The first-order valence-electron chi connectivity index (χ1n) is 10.1. The second kappa shape index (κ2) is 8.53. The lowest BCUT2D eigenvalue weighted by molar-refractivity contribution is -0.137. The molecule has 1 aliphatic rings. The predicted molar refractivity (Wildman–Crippen MR) is 109 cm³/mol. The molecule has 1 aromatic heterocycles. The van der Waals surface area contributed by atoms with Gasteiger partial charge < -0.3 is 16.0 Å². The Morgan fingerprint density at radius 1 is 1.22 bits per heavy atom. The standard InChI is InChI=1S/C21H25F4N5O2/c1-20(2,3)17(18(31)26-4)28-19(32)30-15-7-8-27-10-13(15)16(29-30)12-9-11(21(23,24)25)5-6-14(12)22/h5-6,9,17,27H,7-8,10H2,1-4H3,(H,26,31)(H,28,32). The maximum Gasteiger partial charge on any atom is 0.416 e. The van der Waals surface area contributed by atoms with E-state index in [9.17, 15) is 27.2 Å². The molecule has 0 radical (unpaired) electrons. The van der Waals surface area contributed by atoms with E-state index < -0.39 is 41.0 Å². The van der Waals surface area contributed by atoms with Crippen LogP contribution in [0.1, 0.15) is 37.6 Å². The number of benzene rings is 1. The van der Waals surface area contributed by atoms with Crippen LogP contribution in [0.5, 0.6) is 0 Å². The Balaban J connectivity index is 2.08. The average Bonchev–Trinajstić information content (AvgIpc) is 3.09. The maximum atomic E-state index is 14.6.